The molecule has 1 fully saturated rings. The Hall–Kier alpha value is -2.21. The highest BCUT2D eigenvalue weighted by Crippen LogP contribution is 2.38. The molecule has 4 nitrogen and oxygen atoms in total. The van der Waals surface area contributed by atoms with Gasteiger partial charge in [0.2, 0.25) is 11.8 Å². The first-order valence-corrected chi connectivity index (χ1v) is 10.8. The fourth-order valence-corrected chi connectivity index (χ4v) is 4.83. The van der Waals surface area contributed by atoms with E-state index in [1.165, 1.54) is 17.0 Å². The number of rotatable bonds is 5. The molecule has 28 heavy (non-hydrogen) atoms. The second kappa shape index (κ2) is 7.66. The molecular formula is C22H25FN2O2S. The third-order valence-electron chi connectivity index (χ3n) is 5.54. The van der Waals surface area contributed by atoms with Gasteiger partial charge < -0.3 is 9.80 Å². The number of nitrogens with zero attached hydrogens (tertiary/aromatic N) is 2. The van der Waals surface area contributed by atoms with Crippen molar-refractivity contribution in [2.45, 2.75) is 45.2 Å². The molecule has 1 aromatic carbocycles. The van der Waals surface area contributed by atoms with E-state index in [0.717, 1.165) is 30.4 Å². The van der Waals surface area contributed by atoms with Gasteiger partial charge in [0.15, 0.2) is 0 Å². The van der Waals surface area contributed by atoms with Gasteiger partial charge >= 0.3 is 0 Å². The van der Waals surface area contributed by atoms with Crippen molar-refractivity contribution < 1.29 is 14.0 Å². The summed E-state index contributed by atoms with van der Waals surface area (Å²) in [5.74, 6) is -0.397. The SMILES string of the molecule is CC(C)C(=O)N(CC(=O)N1CCc2sccc2C1c1ccc(F)cc1)C1CC1. The van der Waals surface area contributed by atoms with Crippen LogP contribution in [0.15, 0.2) is 35.7 Å². The summed E-state index contributed by atoms with van der Waals surface area (Å²) in [6, 6.07) is 8.43. The maximum Gasteiger partial charge on any atom is 0.243 e. The number of amides is 2. The van der Waals surface area contributed by atoms with Crippen molar-refractivity contribution in [3.05, 3.63) is 57.5 Å². The van der Waals surface area contributed by atoms with Crippen molar-refractivity contribution in [2.75, 3.05) is 13.1 Å². The molecular weight excluding hydrogens is 375 g/mol. The lowest BCUT2D eigenvalue weighted by Gasteiger charge is -2.38. The van der Waals surface area contributed by atoms with Crippen LogP contribution in [-0.4, -0.2) is 40.7 Å². The van der Waals surface area contributed by atoms with Crippen LogP contribution in [-0.2, 0) is 16.0 Å². The molecule has 0 spiro atoms. The minimum absolute atomic E-state index is 0.0351. The highest BCUT2D eigenvalue weighted by molar-refractivity contribution is 7.10. The number of benzene rings is 1. The van der Waals surface area contributed by atoms with E-state index in [1.807, 2.05) is 24.1 Å². The predicted molar refractivity (Wildman–Crippen MR) is 108 cm³/mol. The molecule has 2 heterocycles. The average molecular weight is 401 g/mol. The number of carbonyl (C=O) groups is 2. The van der Waals surface area contributed by atoms with Crippen LogP contribution in [0.1, 0.15) is 48.7 Å². The number of hydrogen-bond acceptors (Lipinski definition) is 3. The fourth-order valence-electron chi connectivity index (χ4n) is 3.93. The maximum absolute atomic E-state index is 13.5. The molecule has 1 saturated carbocycles. The van der Waals surface area contributed by atoms with Crippen molar-refractivity contribution >= 4 is 23.2 Å². The number of halogens is 1. The van der Waals surface area contributed by atoms with Gasteiger partial charge in [-0.3, -0.25) is 9.59 Å². The van der Waals surface area contributed by atoms with Crippen molar-refractivity contribution in [3.63, 3.8) is 0 Å². The average Bonchev–Trinajstić information content (AvgIpc) is 3.41. The van der Waals surface area contributed by atoms with Crippen LogP contribution in [0, 0.1) is 11.7 Å². The molecule has 1 atom stereocenters. The van der Waals surface area contributed by atoms with Crippen molar-refractivity contribution in [1.82, 2.24) is 9.80 Å². The lowest BCUT2D eigenvalue weighted by molar-refractivity contribution is -0.144. The lowest BCUT2D eigenvalue weighted by Crippen LogP contribution is -2.48. The van der Waals surface area contributed by atoms with E-state index in [9.17, 15) is 14.0 Å². The van der Waals surface area contributed by atoms with E-state index in [2.05, 4.69) is 6.07 Å². The first-order chi connectivity index (χ1) is 13.5. The maximum atomic E-state index is 13.5. The third-order valence-corrected chi connectivity index (χ3v) is 6.54. The fraction of sp³-hybridized carbons (Fsp3) is 0.455. The zero-order valence-corrected chi connectivity index (χ0v) is 17.0. The van der Waals surface area contributed by atoms with Crippen LogP contribution in [0.2, 0.25) is 0 Å². The Balaban J connectivity index is 1.62. The zero-order valence-electron chi connectivity index (χ0n) is 16.2. The number of fused-ring (bicyclic) bond motifs is 1. The summed E-state index contributed by atoms with van der Waals surface area (Å²) in [5.41, 5.74) is 2.02. The minimum atomic E-state index is -0.287. The molecule has 2 amide bonds. The number of thiophene rings is 1. The van der Waals surface area contributed by atoms with Gasteiger partial charge in [0.25, 0.3) is 0 Å². The molecule has 1 aliphatic heterocycles. The summed E-state index contributed by atoms with van der Waals surface area (Å²) in [7, 11) is 0. The Labute approximate surface area is 169 Å². The van der Waals surface area contributed by atoms with Crippen molar-refractivity contribution in [2.24, 2.45) is 5.92 Å². The third kappa shape index (κ3) is 3.70. The van der Waals surface area contributed by atoms with E-state index in [-0.39, 0.29) is 42.2 Å². The highest BCUT2D eigenvalue weighted by atomic mass is 32.1. The second-order valence-corrected chi connectivity index (χ2v) is 8.94. The summed E-state index contributed by atoms with van der Waals surface area (Å²) in [6.45, 7) is 4.49. The van der Waals surface area contributed by atoms with Gasteiger partial charge in [0.05, 0.1) is 6.04 Å². The topological polar surface area (TPSA) is 40.6 Å². The first kappa shape index (κ1) is 19.1. The van der Waals surface area contributed by atoms with E-state index in [0.29, 0.717) is 6.54 Å². The first-order valence-electron chi connectivity index (χ1n) is 9.87. The Bertz CT molecular complexity index is 873. The molecule has 1 aliphatic carbocycles. The smallest absolute Gasteiger partial charge is 0.243 e. The molecule has 1 aromatic heterocycles. The molecule has 4 rings (SSSR count). The Morgan fingerprint density at radius 2 is 1.93 bits per heavy atom. The van der Waals surface area contributed by atoms with Crippen LogP contribution in [0.5, 0.6) is 0 Å². The molecule has 0 bridgehead atoms. The molecule has 0 N–H and O–H groups in total. The molecule has 0 saturated heterocycles. The molecule has 6 heteroatoms. The van der Waals surface area contributed by atoms with E-state index in [1.54, 1.807) is 28.4 Å². The summed E-state index contributed by atoms with van der Waals surface area (Å²) in [6.07, 6.45) is 2.77. The van der Waals surface area contributed by atoms with Crippen LogP contribution < -0.4 is 0 Å². The van der Waals surface area contributed by atoms with Crippen LogP contribution in [0.4, 0.5) is 4.39 Å². The van der Waals surface area contributed by atoms with Gasteiger partial charge in [-0.15, -0.1) is 11.3 Å². The largest absolute Gasteiger partial charge is 0.330 e. The molecule has 2 aliphatic rings. The molecule has 148 valence electrons. The molecule has 1 unspecified atom stereocenters. The Morgan fingerprint density at radius 1 is 1.21 bits per heavy atom. The van der Waals surface area contributed by atoms with Gasteiger partial charge in [0, 0.05) is 23.4 Å². The normalized spacial score (nSPS) is 18.9. The summed E-state index contributed by atoms with van der Waals surface area (Å²) >= 11 is 1.70. The lowest BCUT2D eigenvalue weighted by atomic mass is 9.93. The number of carbonyl (C=O) groups excluding carboxylic acids is 2. The van der Waals surface area contributed by atoms with E-state index in [4.69, 9.17) is 0 Å². The molecule has 2 aromatic rings. The minimum Gasteiger partial charge on any atom is -0.330 e. The number of hydrogen-bond donors (Lipinski definition) is 0. The van der Waals surface area contributed by atoms with Crippen molar-refractivity contribution in [1.29, 1.82) is 0 Å². The van der Waals surface area contributed by atoms with Crippen LogP contribution in [0.25, 0.3) is 0 Å². The predicted octanol–water partition coefficient (Wildman–Crippen LogP) is 4.01. The second-order valence-electron chi connectivity index (χ2n) is 7.94. The van der Waals surface area contributed by atoms with Gasteiger partial charge in [-0.2, -0.15) is 0 Å². The highest BCUT2D eigenvalue weighted by Gasteiger charge is 2.38. The van der Waals surface area contributed by atoms with Gasteiger partial charge in [-0.05, 0) is 54.0 Å². The van der Waals surface area contributed by atoms with E-state index >= 15 is 0 Å². The van der Waals surface area contributed by atoms with Crippen LogP contribution in [0.3, 0.4) is 0 Å². The Morgan fingerprint density at radius 3 is 2.57 bits per heavy atom. The monoisotopic (exact) mass is 400 g/mol. The van der Waals surface area contributed by atoms with Crippen molar-refractivity contribution in [3.8, 4) is 0 Å². The van der Waals surface area contributed by atoms with Gasteiger partial charge in [-0.1, -0.05) is 26.0 Å². The van der Waals surface area contributed by atoms with E-state index < -0.39 is 0 Å². The zero-order chi connectivity index (χ0) is 19.8. The summed E-state index contributed by atoms with van der Waals surface area (Å²) < 4.78 is 13.5. The Kier molecular flexibility index (Phi) is 5.23. The molecule has 0 radical (unpaired) electrons. The van der Waals surface area contributed by atoms with Gasteiger partial charge in [0.1, 0.15) is 12.4 Å². The summed E-state index contributed by atoms with van der Waals surface area (Å²) in [4.78, 5) is 30.8. The standard InChI is InChI=1S/C22H25FN2O2S/c1-14(2)22(27)25(17-7-8-17)13-20(26)24-11-9-19-18(10-12-28-19)21(24)15-3-5-16(23)6-4-15/h3-6,10,12,14,17,21H,7-9,11,13H2,1-2H3. The van der Waals surface area contributed by atoms with Gasteiger partial charge in [-0.25, -0.2) is 4.39 Å². The quantitative estimate of drug-likeness (QED) is 0.761. The summed E-state index contributed by atoms with van der Waals surface area (Å²) in [5, 5.41) is 2.05. The van der Waals surface area contributed by atoms with Crippen LogP contribution >= 0.6 is 11.3 Å².